The summed E-state index contributed by atoms with van der Waals surface area (Å²) in [7, 11) is 1.79. The number of carbonyl (C=O) groups is 2. The Labute approximate surface area is 145 Å². The standard InChI is InChI=1S/C19H31N3O2/c1-6-10-17(16-11-8-7-9-12-16)21-19(24)15(4)22(5)13-18(23)20-14(2)3/h7-9,11-12,14-15,17H,6,10,13H2,1-5H3,(H,20,23)(H,21,24)/t15-,17-/m1/s1. The fourth-order valence-electron chi connectivity index (χ4n) is 2.52. The average Bonchev–Trinajstić information content (AvgIpc) is 2.53. The summed E-state index contributed by atoms with van der Waals surface area (Å²) in [5, 5.41) is 5.96. The normalized spacial score (nSPS) is 13.6. The van der Waals surface area contributed by atoms with Crippen molar-refractivity contribution in [3.05, 3.63) is 35.9 Å². The number of likely N-dealkylation sites (N-methyl/N-ethyl adjacent to an activating group) is 1. The van der Waals surface area contributed by atoms with E-state index in [1.807, 2.05) is 51.1 Å². The van der Waals surface area contributed by atoms with Gasteiger partial charge in [0.25, 0.3) is 0 Å². The number of rotatable bonds is 9. The van der Waals surface area contributed by atoms with Crippen molar-refractivity contribution in [3.8, 4) is 0 Å². The van der Waals surface area contributed by atoms with Crippen LogP contribution < -0.4 is 10.6 Å². The maximum Gasteiger partial charge on any atom is 0.237 e. The van der Waals surface area contributed by atoms with Crippen LogP contribution in [0.4, 0.5) is 0 Å². The Hall–Kier alpha value is -1.88. The van der Waals surface area contributed by atoms with E-state index >= 15 is 0 Å². The Kier molecular flexibility index (Phi) is 8.47. The van der Waals surface area contributed by atoms with E-state index in [0.29, 0.717) is 0 Å². The predicted octanol–water partition coefficient (Wildman–Crippen LogP) is 2.49. The van der Waals surface area contributed by atoms with Gasteiger partial charge >= 0.3 is 0 Å². The molecule has 0 aliphatic rings. The van der Waals surface area contributed by atoms with E-state index in [1.54, 1.807) is 11.9 Å². The van der Waals surface area contributed by atoms with Crippen LogP contribution in [0, 0.1) is 0 Å². The molecule has 1 rings (SSSR count). The van der Waals surface area contributed by atoms with E-state index in [1.165, 1.54) is 0 Å². The minimum atomic E-state index is -0.369. The van der Waals surface area contributed by atoms with Crippen LogP contribution in [0.25, 0.3) is 0 Å². The molecule has 0 saturated carbocycles. The topological polar surface area (TPSA) is 61.4 Å². The zero-order valence-corrected chi connectivity index (χ0v) is 15.5. The molecule has 0 aromatic heterocycles. The van der Waals surface area contributed by atoms with Gasteiger partial charge in [-0.05, 0) is 39.8 Å². The summed E-state index contributed by atoms with van der Waals surface area (Å²) in [6, 6.07) is 9.73. The highest BCUT2D eigenvalue weighted by Gasteiger charge is 2.23. The molecule has 1 aromatic carbocycles. The second-order valence-corrected chi connectivity index (χ2v) is 6.57. The summed E-state index contributed by atoms with van der Waals surface area (Å²) in [6.07, 6.45) is 1.88. The monoisotopic (exact) mass is 333 g/mol. The third-order valence-electron chi connectivity index (χ3n) is 3.98. The highest BCUT2D eigenvalue weighted by molar-refractivity contribution is 5.83. The van der Waals surface area contributed by atoms with Gasteiger partial charge in [0.1, 0.15) is 0 Å². The van der Waals surface area contributed by atoms with E-state index in [0.717, 1.165) is 18.4 Å². The second-order valence-electron chi connectivity index (χ2n) is 6.57. The van der Waals surface area contributed by atoms with Crippen molar-refractivity contribution in [2.45, 2.75) is 58.7 Å². The van der Waals surface area contributed by atoms with Crippen molar-refractivity contribution < 1.29 is 9.59 Å². The van der Waals surface area contributed by atoms with Gasteiger partial charge in [-0.2, -0.15) is 0 Å². The van der Waals surface area contributed by atoms with Gasteiger partial charge in [-0.1, -0.05) is 43.7 Å². The molecular weight excluding hydrogens is 302 g/mol. The largest absolute Gasteiger partial charge is 0.353 e. The number of hydrogen-bond donors (Lipinski definition) is 2. The van der Waals surface area contributed by atoms with Crippen LogP contribution in [0.2, 0.25) is 0 Å². The Morgan fingerprint density at radius 3 is 2.25 bits per heavy atom. The molecule has 0 unspecified atom stereocenters. The van der Waals surface area contributed by atoms with E-state index < -0.39 is 0 Å². The smallest absolute Gasteiger partial charge is 0.237 e. The lowest BCUT2D eigenvalue weighted by molar-refractivity contribution is -0.128. The van der Waals surface area contributed by atoms with Crippen LogP contribution >= 0.6 is 0 Å². The summed E-state index contributed by atoms with van der Waals surface area (Å²) < 4.78 is 0. The number of carbonyl (C=O) groups excluding carboxylic acids is 2. The number of benzene rings is 1. The number of amides is 2. The molecule has 0 saturated heterocycles. The molecule has 5 nitrogen and oxygen atoms in total. The minimum Gasteiger partial charge on any atom is -0.353 e. The molecule has 24 heavy (non-hydrogen) atoms. The summed E-state index contributed by atoms with van der Waals surface area (Å²) >= 11 is 0. The Morgan fingerprint density at radius 2 is 1.71 bits per heavy atom. The van der Waals surface area contributed by atoms with Crippen molar-refractivity contribution in [2.75, 3.05) is 13.6 Å². The predicted molar refractivity (Wildman–Crippen MR) is 97.6 cm³/mol. The van der Waals surface area contributed by atoms with Crippen molar-refractivity contribution in [1.82, 2.24) is 15.5 Å². The first-order chi connectivity index (χ1) is 11.3. The maximum atomic E-state index is 12.6. The molecule has 0 heterocycles. The summed E-state index contributed by atoms with van der Waals surface area (Å²) in [5.74, 6) is -0.127. The van der Waals surface area contributed by atoms with Crippen LogP contribution in [0.15, 0.2) is 30.3 Å². The van der Waals surface area contributed by atoms with Crippen LogP contribution in [0.3, 0.4) is 0 Å². The summed E-state index contributed by atoms with van der Waals surface area (Å²) in [6.45, 7) is 7.98. The molecule has 0 aliphatic carbocycles. The highest BCUT2D eigenvalue weighted by atomic mass is 16.2. The first-order valence-electron chi connectivity index (χ1n) is 8.70. The Balaban J connectivity index is 2.64. The van der Waals surface area contributed by atoms with Crippen molar-refractivity contribution >= 4 is 11.8 Å². The average molecular weight is 333 g/mol. The van der Waals surface area contributed by atoms with Gasteiger partial charge < -0.3 is 10.6 Å². The summed E-state index contributed by atoms with van der Waals surface area (Å²) in [5.41, 5.74) is 1.11. The fourth-order valence-corrected chi connectivity index (χ4v) is 2.52. The molecule has 0 fully saturated rings. The van der Waals surface area contributed by atoms with E-state index in [9.17, 15) is 9.59 Å². The minimum absolute atomic E-state index is 0.00374. The molecule has 2 atom stereocenters. The summed E-state index contributed by atoms with van der Waals surface area (Å²) in [4.78, 5) is 26.2. The highest BCUT2D eigenvalue weighted by Crippen LogP contribution is 2.18. The van der Waals surface area contributed by atoms with Crippen molar-refractivity contribution in [3.63, 3.8) is 0 Å². The molecule has 2 N–H and O–H groups in total. The third kappa shape index (κ3) is 6.71. The van der Waals surface area contributed by atoms with Gasteiger partial charge in [-0.3, -0.25) is 14.5 Å². The first-order valence-corrected chi connectivity index (χ1v) is 8.70. The van der Waals surface area contributed by atoms with Gasteiger partial charge in [0.15, 0.2) is 0 Å². The zero-order valence-electron chi connectivity index (χ0n) is 15.5. The maximum absolute atomic E-state index is 12.6. The van der Waals surface area contributed by atoms with Crippen molar-refractivity contribution in [1.29, 1.82) is 0 Å². The Morgan fingerprint density at radius 1 is 1.08 bits per heavy atom. The number of hydrogen-bond acceptors (Lipinski definition) is 3. The third-order valence-corrected chi connectivity index (χ3v) is 3.98. The van der Waals surface area contributed by atoms with Crippen LogP contribution in [-0.4, -0.2) is 42.4 Å². The number of nitrogens with one attached hydrogen (secondary N) is 2. The molecule has 5 heteroatoms. The van der Waals surface area contributed by atoms with Crippen molar-refractivity contribution in [2.24, 2.45) is 0 Å². The zero-order chi connectivity index (χ0) is 18.1. The SMILES string of the molecule is CCC[C@@H](NC(=O)[C@@H](C)N(C)CC(=O)NC(C)C)c1ccccc1. The van der Waals surface area contributed by atoms with Gasteiger partial charge in [-0.15, -0.1) is 0 Å². The lowest BCUT2D eigenvalue weighted by Gasteiger charge is -2.26. The molecule has 134 valence electrons. The molecule has 2 amide bonds. The van der Waals surface area contributed by atoms with Gasteiger partial charge in [-0.25, -0.2) is 0 Å². The molecule has 0 bridgehead atoms. The molecule has 0 aliphatic heterocycles. The van der Waals surface area contributed by atoms with Gasteiger partial charge in [0.2, 0.25) is 11.8 Å². The first kappa shape index (κ1) is 20.2. The van der Waals surface area contributed by atoms with E-state index in [-0.39, 0.29) is 36.5 Å². The van der Waals surface area contributed by atoms with E-state index in [2.05, 4.69) is 17.6 Å². The quantitative estimate of drug-likeness (QED) is 0.730. The molecule has 1 aromatic rings. The van der Waals surface area contributed by atoms with Gasteiger partial charge in [0.05, 0.1) is 18.6 Å². The van der Waals surface area contributed by atoms with E-state index in [4.69, 9.17) is 0 Å². The molecule has 0 radical (unpaired) electrons. The van der Waals surface area contributed by atoms with Crippen LogP contribution in [0.5, 0.6) is 0 Å². The lowest BCUT2D eigenvalue weighted by atomic mass is 10.0. The second kappa shape index (κ2) is 10.1. The molecule has 0 spiro atoms. The fraction of sp³-hybridized carbons (Fsp3) is 0.579. The lowest BCUT2D eigenvalue weighted by Crippen LogP contribution is -2.48. The number of nitrogens with zero attached hydrogens (tertiary/aromatic N) is 1. The molecular formula is C19H31N3O2. The Bertz CT molecular complexity index is 517. The van der Waals surface area contributed by atoms with Crippen LogP contribution in [0.1, 0.15) is 52.1 Å². The van der Waals surface area contributed by atoms with Gasteiger partial charge in [0, 0.05) is 6.04 Å². The van der Waals surface area contributed by atoms with Crippen LogP contribution in [-0.2, 0) is 9.59 Å².